The van der Waals surface area contributed by atoms with Gasteiger partial charge in [-0.25, -0.2) is 9.10 Å². The Morgan fingerprint density at radius 2 is 1.96 bits per heavy atom. The third kappa shape index (κ3) is 3.52. The Balaban J connectivity index is 1.82. The Kier molecular flexibility index (Phi) is 5.05. The van der Waals surface area contributed by atoms with Gasteiger partial charge in [0.05, 0.1) is 19.6 Å². The summed E-state index contributed by atoms with van der Waals surface area (Å²) in [6.45, 7) is 0. The second-order valence-corrected chi connectivity index (χ2v) is 6.27. The first-order valence-electron chi connectivity index (χ1n) is 7.10. The summed E-state index contributed by atoms with van der Waals surface area (Å²) in [5, 5.41) is 7.29. The van der Waals surface area contributed by atoms with E-state index in [0.717, 1.165) is 8.78 Å². The van der Waals surface area contributed by atoms with Crippen molar-refractivity contribution in [3.63, 3.8) is 0 Å². The molecule has 0 saturated carbocycles. The van der Waals surface area contributed by atoms with E-state index in [4.69, 9.17) is 14.0 Å². The van der Waals surface area contributed by atoms with Crippen molar-refractivity contribution in [2.24, 2.45) is 0 Å². The Labute approximate surface area is 157 Å². The van der Waals surface area contributed by atoms with Crippen molar-refractivity contribution in [2.75, 3.05) is 23.8 Å². The number of benzene rings is 2. The van der Waals surface area contributed by atoms with Gasteiger partial charge in [0.15, 0.2) is 22.9 Å². The molecule has 2 aromatic carbocycles. The third-order valence-electron chi connectivity index (χ3n) is 3.44. The monoisotopic (exact) mass is 423 g/mol. The minimum Gasteiger partial charge on any atom is -0.493 e. The van der Waals surface area contributed by atoms with Crippen molar-refractivity contribution in [2.45, 2.75) is 0 Å². The number of nitrogens with zero attached hydrogens (tertiary/aromatic N) is 2. The van der Waals surface area contributed by atoms with Crippen molar-refractivity contribution in [3.8, 4) is 11.5 Å². The van der Waals surface area contributed by atoms with Crippen molar-refractivity contribution < 1.29 is 18.8 Å². The number of amides is 2. The number of hydrogen-bond acceptors (Lipinski definition) is 6. The van der Waals surface area contributed by atoms with Crippen LogP contribution in [0, 0.1) is 0 Å². The van der Waals surface area contributed by atoms with Crippen molar-refractivity contribution >= 4 is 57.3 Å². The smallest absolute Gasteiger partial charge is 0.337 e. The summed E-state index contributed by atoms with van der Waals surface area (Å²) in [6, 6.07) is 9.93. The zero-order valence-electron chi connectivity index (χ0n) is 13.3. The van der Waals surface area contributed by atoms with Crippen LogP contribution in [-0.2, 0) is 0 Å². The van der Waals surface area contributed by atoms with Crippen LogP contribution in [0.3, 0.4) is 0 Å². The van der Waals surface area contributed by atoms with E-state index < -0.39 is 6.03 Å². The summed E-state index contributed by atoms with van der Waals surface area (Å²) >= 11 is 7.59. The summed E-state index contributed by atoms with van der Waals surface area (Å²) in [7, 11) is 3.06. The molecule has 0 aliphatic carbocycles. The molecular formula is C16H14BrN3O4S. The number of thiol groups is 1. The number of methoxy groups -OCH3 is 2. The number of urea groups is 1. The number of fused-ring (bicyclic) bond motifs is 1. The molecule has 0 saturated heterocycles. The van der Waals surface area contributed by atoms with Crippen molar-refractivity contribution in [1.82, 2.24) is 5.16 Å². The SMILES string of the molecule is COc1ccc(NC(=O)N(S)c2noc3cc(Br)ccc23)cc1OC. The molecule has 3 rings (SSSR count). The lowest BCUT2D eigenvalue weighted by atomic mass is 10.2. The first-order chi connectivity index (χ1) is 12.0. The average molecular weight is 424 g/mol. The third-order valence-corrected chi connectivity index (χ3v) is 4.31. The van der Waals surface area contributed by atoms with Gasteiger partial charge in [-0.2, -0.15) is 0 Å². The van der Waals surface area contributed by atoms with Gasteiger partial charge in [0.2, 0.25) is 0 Å². The largest absolute Gasteiger partial charge is 0.493 e. The van der Waals surface area contributed by atoms with E-state index in [1.165, 1.54) is 7.11 Å². The molecule has 9 heteroatoms. The maximum absolute atomic E-state index is 12.5. The molecule has 1 heterocycles. The van der Waals surface area contributed by atoms with Gasteiger partial charge in [-0.1, -0.05) is 33.9 Å². The fraction of sp³-hybridized carbons (Fsp3) is 0.125. The predicted octanol–water partition coefficient (Wildman–Crippen LogP) is 4.49. The molecule has 0 bridgehead atoms. The first kappa shape index (κ1) is 17.4. The zero-order valence-corrected chi connectivity index (χ0v) is 15.8. The minimum atomic E-state index is -0.492. The number of hydrogen-bond donors (Lipinski definition) is 2. The predicted molar refractivity (Wildman–Crippen MR) is 102 cm³/mol. The highest BCUT2D eigenvalue weighted by atomic mass is 79.9. The summed E-state index contributed by atoms with van der Waals surface area (Å²) in [5.41, 5.74) is 1.07. The fourth-order valence-electron chi connectivity index (χ4n) is 2.24. The molecule has 130 valence electrons. The van der Waals surface area contributed by atoms with E-state index in [1.54, 1.807) is 37.4 Å². The van der Waals surface area contributed by atoms with Gasteiger partial charge in [0.1, 0.15) is 0 Å². The minimum absolute atomic E-state index is 0.295. The van der Waals surface area contributed by atoms with Gasteiger partial charge in [-0.3, -0.25) is 0 Å². The molecule has 7 nitrogen and oxygen atoms in total. The van der Waals surface area contributed by atoms with Crippen LogP contribution in [-0.4, -0.2) is 25.4 Å². The highest BCUT2D eigenvalue weighted by molar-refractivity contribution is 9.10. The standard InChI is InChI=1S/C16H14BrN3O4S/c1-22-12-6-4-10(8-14(12)23-2)18-16(21)20(25)15-11-5-3-9(17)7-13(11)24-19-15/h3-8,25H,1-2H3,(H,18,21). The molecule has 25 heavy (non-hydrogen) atoms. The zero-order chi connectivity index (χ0) is 18.0. The molecule has 0 radical (unpaired) electrons. The first-order valence-corrected chi connectivity index (χ1v) is 8.29. The van der Waals surface area contributed by atoms with Crippen LogP contribution in [0.15, 0.2) is 45.4 Å². The van der Waals surface area contributed by atoms with Gasteiger partial charge >= 0.3 is 6.03 Å². The molecule has 0 atom stereocenters. The number of anilines is 2. The van der Waals surface area contributed by atoms with E-state index >= 15 is 0 Å². The Bertz CT molecular complexity index is 931. The molecule has 0 spiro atoms. The van der Waals surface area contributed by atoms with E-state index in [9.17, 15) is 4.79 Å². The van der Waals surface area contributed by atoms with Gasteiger partial charge < -0.3 is 19.3 Å². The number of halogens is 1. The normalized spacial score (nSPS) is 10.6. The lowest BCUT2D eigenvalue weighted by molar-refractivity contribution is 0.260. The topological polar surface area (TPSA) is 76.8 Å². The fourth-order valence-corrected chi connectivity index (χ4v) is 2.77. The summed E-state index contributed by atoms with van der Waals surface area (Å²) < 4.78 is 17.6. The Morgan fingerprint density at radius 1 is 1.20 bits per heavy atom. The highest BCUT2D eigenvalue weighted by Gasteiger charge is 2.20. The van der Waals surface area contributed by atoms with Crippen molar-refractivity contribution in [3.05, 3.63) is 40.9 Å². The van der Waals surface area contributed by atoms with Gasteiger partial charge in [0.25, 0.3) is 0 Å². The number of ether oxygens (including phenoxy) is 2. The molecule has 0 unspecified atom stereocenters. The van der Waals surface area contributed by atoms with Crippen LogP contribution < -0.4 is 19.1 Å². The Hall–Kier alpha value is -2.39. The highest BCUT2D eigenvalue weighted by Crippen LogP contribution is 2.32. The second-order valence-electron chi connectivity index (χ2n) is 4.96. The van der Waals surface area contributed by atoms with E-state index in [2.05, 4.69) is 39.2 Å². The molecule has 1 aromatic heterocycles. The molecule has 0 fully saturated rings. The van der Waals surface area contributed by atoms with Gasteiger partial charge in [-0.15, -0.1) is 0 Å². The van der Waals surface area contributed by atoms with Crippen LogP contribution in [0.25, 0.3) is 11.0 Å². The van der Waals surface area contributed by atoms with E-state index in [-0.39, 0.29) is 0 Å². The maximum atomic E-state index is 12.5. The van der Waals surface area contributed by atoms with Gasteiger partial charge in [-0.05, 0) is 30.3 Å². The van der Waals surface area contributed by atoms with E-state index in [0.29, 0.717) is 34.0 Å². The van der Waals surface area contributed by atoms with E-state index in [1.807, 2.05) is 6.07 Å². The molecule has 1 N–H and O–H groups in total. The second kappa shape index (κ2) is 7.24. The van der Waals surface area contributed by atoms with Crippen LogP contribution in [0.4, 0.5) is 16.3 Å². The quantitative estimate of drug-likeness (QED) is 0.604. The van der Waals surface area contributed by atoms with Crippen LogP contribution in [0.2, 0.25) is 0 Å². The Morgan fingerprint density at radius 3 is 2.68 bits per heavy atom. The molecule has 2 amide bonds. The summed E-state index contributed by atoms with van der Waals surface area (Å²) in [6.07, 6.45) is 0. The number of carbonyl (C=O) groups excluding carboxylic acids is 1. The number of rotatable bonds is 4. The van der Waals surface area contributed by atoms with Crippen molar-refractivity contribution in [1.29, 1.82) is 0 Å². The summed E-state index contributed by atoms with van der Waals surface area (Å²) in [4.78, 5) is 12.5. The number of nitrogens with one attached hydrogen (secondary N) is 1. The van der Waals surface area contributed by atoms with Crippen LogP contribution in [0.5, 0.6) is 11.5 Å². The lowest BCUT2D eigenvalue weighted by Crippen LogP contribution is -2.27. The molecule has 0 aliphatic heterocycles. The summed E-state index contributed by atoms with van der Waals surface area (Å²) in [5.74, 6) is 1.36. The maximum Gasteiger partial charge on any atom is 0.337 e. The number of carbonyl (C=O) groups is 1. The van der Waals surface area contributed by atoms with Crippen LogP contribution in [0.1, 0.15) is 0 Å². The van der Waals surface area contributed by atoms with Crippen LogP contribution >= 0.6 is 28.7 Å². The number of aromatic nitrogens is 1. The van der Waals surface area contributed by atoms with Gasteiger partial charge in [0, 0.05) is 16.2 Å². The average Bonchev–Trinajstić information content (AvgIpc) is 3.03. The molecule has 3 aromatic rings. The lowest BCUT2D eigenvalue weighted by Gasteiger charge is -2.15. The molecular weight excluding hydrogens is 410 g/mol. The molecule has 0 aliphatic rings.